The Kier molecular flexibility index (Phi) is 5.55. The molecule has 0 amide bonds. The van der Waals surface area contributed by atoms with Gasteiger partial charge in [0.2, 0.25) is 9.84 Å². The predicted octanol–water partition coefficient (Wildman–Crippen LogP) is 2.24. The zero-order valence-electron chi connectivity index (χ0n) is 18.3. The molecule has 1 aromatic carbocycles. The smallest absolute Gasteiger partial charge is 0.293 e. The normalized spacial score (nSPS) is 15.6. The van der Waals surface area contributed by atoms with Crippen LogP contribution in [0.2, 0.25) is 0 Å². The summed E-state index contributed by atoms with van der Waals surface area (Å²) < 4.78 is 28.6. The Labute approximate surface area is 195 Å². The molecule has 5 rings (SSSR count). The first-order valence-corrected chi connectivity index (χ1v) is 12.5. The molecule has 1 aliphatic heterocycles. The molecule has 3 N–H and O–H groups in total. The number of aromatic nitrogens is 4. The van der Waals surface area contributed by atoms with Crippen LogP contribution in [0.3, 0.4) is 0 Å². The molecule has 1 aliphatic rings. The third kappa shape index (κ3) is 3.61. The number of hydrogen-bond donors (Lipinski definition) is 2. The minimum absolute atomic E-state index is 0.0398. The van der Waals surface area contributed by atoms with Crippen LogP contribution < -0.4 is 11.3 Å². The van der Waals surface area contributed by atoms with Crippen LogP contribution in [0.4, 0.5) is 5.82 Å². The molecule has 0 spiro atoms. The van der Waals surface area contributed by atoms with Crippen molar-refractivity contribution in [3.05, 3.63) is 53.1 Å². The van der Waals surface area contributed by atoms with E-state index in [0.29, 0.717) is 47.9 Å². The zero-order chi connectivity index (χ0) is 23.9. The fraction of sp³-hybridized carbons (Fsp3) is 0.304. The van der Waals surface area contributed by atoms with Crippen molar-refractivity contribution in [2.45, 2.75) is 35.1 Å². The van der Waals surface area contributed by atoms with Gasteiger partial charge >= 0.3 is 0 Å². The lowest BCUT2D eigenvalue weighted by Gasteiger charge is -2.33. The number of anilines is 1. The lowest BCUT2D eigenvalue weighted by atomic mass is 10.0. The molecule has 4 heterocycles. The minimum Gasteiger partial charge on any atom is -0.379 e. The largest absolute Gasteiger partial charge is 0.379 e. The van der Waals surface area contributed by atoms with E-state index in [2.05, 4.69) is 25.9 Å². The van der Waals surface area contributed by atoms with Gasteiger partial charge in [-0.25, -0.2) is 18.4 Å². The van der Waals surface area contributed by atoms with Gasteiger partial charge < -0.3 is 15.6 Å². The van der Waals surface area contributed by atoms with Gasteiger partial charge in [0, 0.05) is 38.3 Å². The van der Waals surface area contributed by atoms with Crippen molar-refractivity contribution in [1.82, 2.24) is 24.4 Å². The Morgan fingerprint density at radius 1 is 1.21 bits per heavy atom. The number of sulfone groups is 1. The highest BCUT2D eigenvalue weighted by molar-refractivity contribution is 7.91. The Hall–Kier alpha value is -3.75. The standard InChI is InChI=1S/C23H23N7O3S/c24-9-4-10-29-11-7-15(8-12-29)30-20-17(28-21(25)23(30)31)13-26-22-19(20)18(14-27-22)34(32,33)16-5-2-1-3-6-16/h1-3,5-6,13-15H,4,7-8,10-12H2,(H2,25,28)(H,26,27). The molecular formula is C23H23N7O3S. The van der Waals surface area contributed by atoms with Gasteiger partial charge in [0.1, 0.15) is 16.1 Å². The molecule has 0 unspecified atom stereocenters. The summed E-state index contributed by atoms with van der Waals surface area (Å²) in [6.45, 7) is 2.13. The Morgan fingerprint density at radius 3 is 2.65 bits per heavy atom. The fourth-order valence-electron chi connectivity index (χ4n) is 4.66. The molecule has 0 atom stereocenters. The molecule has 1 saturated heterocycles. The second-order valence-electron chi connectivity index (χ2n) is 8.34. The number of H-pyrrole nitrogens is 1. The maximum atomic E-state index is 13.5. The first-order valence-electron chi connectivity index (χ1n) is 11.0. The maximum Gasteiger partial charge on any atom is 0.293 e. The summed E-state index contributed by atoms with van der Waals surface area (Å²) in [7, 11) is -3.89. The van der Waals surface area contributed by atoms with E-state index in [1.165, 1.54) is 24.5 Å². The van der Waals surface area contributed by atoms with Crippen molar-refractivity contribution in [3.63, 3.8) is 0 Å². The average molecular weight is 478 g/mol. The van der Waals surface area contributed by atoms with Crippen molar-refractivity contribution in [2.75, 3.05) is 25.4 Å². The van der Waals surface area contributed by atoms with Crippen LogP contribution >= 0.6 is 0 Å². The lowest BCUT2D eigenvalue weighted by molar-refractivity contribution is 0.190. The van der Waals surface area contributed by atoms with Crippen LogP contribution in [0.15, 0.2) is 57.3 Å². The van der Waals surface area contributed by atoms with Crippen LogP contribution in [0.1, 0.15) is 25.3 Å². The number of likely N-dealkylation sites (tertiary alicyclic amines) is 1. The average Bonchev–Trinajstić information content (AvgIpc) is 3.30. The van der Waals surface area contributed by atoms with Crippen LogP contribution in [-0.4, -0.2) is 52.5 Å². The number of aromatic amines is 1. The molecule has 11 heteroatoms. The monoisotopic (exact) mass is 477 g/mol. The van der Waals surface area contributed by atoms with Crippen LogP contribution in [-0.2, 0) is 9.84 Å². The van der Waals surface area contributed by atoms with Gasteiger partial charge in [-0.3, -0.25) is 9.36 Å². The van der Waals surface area contributed by atoms with Gasteiger partial charge in [0.15, 0.2) is 5.82 Å². The van der Waals surface area contributed by atoms with Gasteiger partial charge in [0.25, 0.3) is 5.56 Å². The third-order valence-corrected chi connectivity index (χ3v) is 8.14. The van der Waals surface area contributed by atoms with Gasteiger partial charge in [0.05, 0.1) is 28.1 Å². The van der Waals surface area contributed by atoms with Gasteiger partial charge in [-0.05, 0) is 25.0 Å². The second-order valence-corrected chi connectivity index (χ2v) is 10.3. The van der Waals surface area contributed by atoms with E-state index in [-0.39, 0.29) is 21.7 Å². The van der Waals surface area contributed by atoms with E-state index >= 15 is 0 Å². The molecule has 3 aromatic heterocycles. The summed E-state index contributed by atoms with van der Waals surface area (Å²) in [4.78, 5) is 27.2. The highest BCUT2D eigenvalue weighted by Gasteiger charge is 2.29. The number of hydrogen-bond acceptors (Lipinski definition) is 8. The number of benzene rings is 1. The number of rotatable bonds is 5. The molecule has 4 aromatic rings. The molecular weight excluding hydrogens is 454 g/mol. The quantitative estimate of drug-likeness (QED) is 0.444. The van der Waals surface area contributed by atoms with Crippen molar-refractivity contribution in [1.29, 1.82) is 5.26 Å². The number of nitrogens with one attached hydrogen (secondary N) is 1. The predicted molar refractivity (Wildman–Crippen MR) is 127 cm³/mol. The van der Waals surface area contributed by atoms with E-state index in [0.717, 1.165) is 13.1 Å². The van der Waals surface area contributed by atoms with Crippen molar-refractivity contribution in [3.8, 4) is 6.07 Å². The molecule has 34 heavy (non-hydrogen) atoms. The van der Waals surface area contributed by atoms with Crippen LogP contribution in [0.25, 0.3) is 22.1 Å². The summed E-state index contributed by atoms with van der Waals surface area (Å²) in [5.41, 5.74) is 6.66. The molecule has 10 nitrogen and oxygen atoms in total. The number of nitrogen functional groups attached to an aromatic ring is 1. The molecule has 0 radical (unpaired) electrons. The van der Waals surface area contributed by atoms with E-state index in [4.69, 9.17) is 11.0 Å². The highest BCUT2D eigenvalue weighted by atomic mass is 32.2. The molecule has 1 fully saturated rings. The van der Waals surface area contributed by atoms with Gasteiger partial charge in [-0.15, -0.1) is 0 Å². The highest BCUT2D eigenvalue weighted by Crippen LogP contribution is 2.34. The van der Waals surface area contributed by atoms with Crippen molar-refractivity contribution < 1.29 is 8.42 Å². The number of nitrogens with zero attached hydrogens (tertiary/aromatic N) is 5. The molecule has 174 valence electrons. The van der Waals surface area contributed by atoms with Gasteiger partial charge in [-0.2, -0.15) is 5.26 Å². The molecule has 0 saturated carbocycles. The summed E-state index contributed by atoms with van der Waals surface area (Å²) in [6, 6.07) is 10.1. The summed E-state index contributed by atoms with van der Waals surface area (Å²) in [5.74, 6) is -0.149. The summed E-state index contributed by atoms with van der Waals surface area (Å²) in [5, 5.41) is 9.20. The topological polar surface area (TPSA) is 151 Å². The number of piperidine rings is 1. The first-order chi connectivity index (χ1) is 16.4. The third-order valence-electron chi connectivity index (χ3n) is 6.34. The number of pyridine rings is 1. The minimum atomic E-state index is -3.89. The van der Waals surface area contributed by atoms with E-state index in [1.807, 2.05) is 0 Å². The van der Waals surface area contributed by atoms with E-state index in [1.54, 1.807) is 22.8 Å². The lowest BCUT2D eigenvalue weighted by Crippen LogP contribution is -2.38. The number of nitriles is 1. The Morgan fingerprint density at radius 2 is 1.94 bits per heavy atom. The van der Waals surface area contributed by atoms with E-state index < -0.39 is 15.4 Å². The van der Waals surface area contributed by atoms with E-state index in [9.17, 15) is 13.2 Å². The molecule has 0 aliphatic carbocycles. The second kappa shape index (κ2) is 8.55. The van der Waals surface area contributed by atoms with Crippen LogP contribution in [0, 0.1) is 11.3 Å². The SMILES string of the molecule is N#CCCN1CCC(n2c(=O)c(N)nc3cnc4[nH]cc(S(=O)(=O)c5ccccc5)c4c32)CC1. The number of nitrogens with two attached hydrogens (primary N) is 1. The Balaban J connectivity index is 1.72. The van der Waals surface area contributed by atoms with Crippen molar-refractivity contribution in [2.24, 2.45) is 0 Å². The number of fused-ring (bicyclic) bond motifs is 3. The zero-order valence-corrected chi connectivity index (χ0v) is 19.1. The summed E-state index contributed by atoms with van der Waals surface area (Å²) >= 11 is 0. The van der Waals surface area contributed by atoms with Gasteiger partial charge in [-0.1, -0.05) is 18.2 Å². The fourth-order valence-corrected chi connectivity index (χ4v) is 6.11. The summed E-state index contributed by atoms with van der Waals surface area (Å²) in [6.07, 6.45) is 4.69. The maximum absolute atomic E-state index is 13.5. The first kappa shape index (κ1) is 22.1. The Bertz CT molecular complexity index is 1580. The van der Waals surface area contributed by atoms with Crippen LogP contribution in [0.5, 0.6) is 0 Å². The molecule has 0 bridgehead atoms. The van der Waals surface area contributed by atoms with Crippen molar-refractivity contribution >= 4 is 37.7 Å².